The molecule has 4 aromatic rings. The lowest BCUT2D eigenvalue weighted by molar-refractivity contribution is -0.147. The molecule has 0 spiro atoms. The lowest BCUT2D eigenvalue weighted by Crippen LogP contribution is -2.46. The number of aliphatic carboxylic acids is 1. The maximum atomic E-state index is 13.5. The van der Waals surface area contributed by atoms with Crippen LogP contribution in [0.4, 0.5) is 16.2 Å². The van der Waals surface area contributed by atoms with Crippen molar-refractivity contribution in [2.45, 2.75) is 81.7 Å². The van der Waals surface area contributed by atoms with Crippen LogP contribution in [-0.2, 0) is 126 Å². The highest BCUT2D eigenvalue weighted by Gasteiger charge is 2.27. The Hall–Kier alpha value is -7.92. The Balaban J connectivity index is 0.858. The van der Waals surface area contributed by atoms with Gasteiger partial charge in [-0.25, -0.2) is 42.3 Å². The Morgan fingerprint density at radius 1 is 0.500 bits per heavy atom. The maximum Gasteiger partial charge on any atom is 0.426 e. The number of benzene rings is 3. The number of nitrogens with zero attached hydrogens (tertiary/aromatic N) is 3. The van der Waals surface area contributed by atoms with Gasteiger partial charge in [0.1, 0.15) is 23.1 Å². The van der Waals surface area contributed by atoms with Crippen LogP contribution >= 0.6 is 32.9 Å². The van der Waals surface area contributed by atoms with Crippen molar-refractivity contribution in [2.75, 3.05) is 240 Å². The number of nitrogens with one attached hydrogen (secondary N) is 7. The number of hydrogen-bond donors (Lipinski definition) is 11. The van der Waals surface area contributed by atoms with Crippen molar-refractivity contribution < 1.29 is 137 Å². The highest BCUT2D eigenvalue weighted by Crippen LogP contribution is 2.29. The number of aromatic nitrogens is 1. The third-order valence-electron chi connectivity index (χ3n) is 16.7. The van der Waals surface area contributed by atoms with E-state index in [4.69, 9.17) is 76.6 Å². The number of nitrogens with two attached hydrogens (primary N) is 2. The second kappa shape index (κ2) is 65.6. The van der Waals surface area contributed by atoms with E-state index in [-0.39, 0.29) is 117 Å². The average molecular weight is 1850 g/mol. The summed E-state index contributed by atoms with van der Waals surface area (Å²) in [6.45, 7) is 14.3. The molecular weight excluding hydrogens is 1730 g/mol. The van der Waals surface area contributed by atoms with Crippen LogP contribution in [0.2, 0.25) is 0 Å². The number of sulfonamides is 2. The Kier molecular flexibility index (Phi) is 57.4. The van der Waals surface area contributed by atoms with Gasteiger partial charge >= 0.3 is 18.0 Å². The minimum atomic E-state index is -3.99. The molecule has 0 radical (unpaired) electrons. The van der Waals surface area contributed by atoms with E-state index in [2.05, 4.69) is 56.3 Å². The van der Waals surface area contributed by atoms with E-state index in [1.807, 2.05) is 0 Å². The molecule has 0 aliphatic rings. The molecule has 0 aliphatic carbocycles. The first kappa shape index (κ1) is 108. The number of hydrogen-bond acceptors (Lipinski definition) is 34. The highest BCUT2D eigenvalue weighted by atomic mass is 33.1. The van der Waals surface area contributed by atoms with Gasteiger partial charge in [-0.3, -0.25) is 53.6 Å². The molecule has 7 amide bonds. The normalized spacial score (nSPS) is 12.4. The zero-order valence-corrected chi connectivity index (χ0v) is 74.6. The summed E-state index contributed by atoms with van der Waals surface area (Å²) in [5.41, 5.74) is 6.04. The number of carbonyl (C=O) groups excluding carboxylic acids is 8. The number of aromatic hydroxyl groups is 1. The standard InChI is InChI=1S/C78H122N12O29S5/c1-58(2)5-18-69(119-60(4)91)77-86-68(57-120-77)76(100)85-64(52-61-6-12-65(92)13-7-61)51-59(3)75(99)87-88-78(101)118-48-50-122-121-49-21-82-70(93)19-24-106-26-28-108-30-32-110-34-36-112-38-40-114-42-44-116-46-47-117-45-43-115-41-39-113-37-35-111-33-31-109-29-27-107-25-20-81-71(94)53-89(54-72(95)83-62-8-14-66(15-9-62)123(79,102)103)22-23-90(56-74(97)98)55-73(96)84-63-10-16-67(17-11-63)124(80,104)105/h6-17,57-59,64,69,92H,5,18-56H2,1-4H3,(H,81,94)(H,82,93)(H,83,95)(H,84,96)(H,85,100)(H,87,99)(H,88,101)(H,97,98)(H2,79,102,103)(H2,80,104,105)/t59-,64+,69+/m0/s1. The molecule has 3 aromatic carbocycles. The Morgan fingerprint density at radius 3 is 1.35 bits per heavy atom. The number of rotatable bonds is 73. The third-order valence-corrected chi connectivity index (χ3v) is 21.9. The molecule has 0 bridgehead atoms. The van der Waals surface area contributed by atoms with Crippen LogP contribution in [0.5, 0.6) is 5.75 Å². The fourth-order valence-corrected chi connectivity index (χ4v) is 14.2. The van der Waals surface area contributed by atoms with Crippen LogP contribution in [0, 0.1) is 11.8 Å². The number of carbonyl (C=O) groups is 9. The monoisotopic (exact) mass is 1850 g/mol. The van der Waals surface area contributed by atoms with E-state index in [1.54, 1.807) is 24.4 Å². The summed E-state index contributed by atoms with van der Waals surface area (Å²) in [6.07, 6.45) is 0.632. The van der Waals surface area contributed by atoms with E-state index in [9.17, 15) is 70.2 Å². The third kappa shape index (κ3) is 54.9. The number of carboxylic acids is 1. The van der Waals surface area contributed by atoms with E-state index >= 15 is 0 Å². The number of thiazole rings is 1. The largest absolute Gasteiger partial charge is 0.508 e. The van der Waals surface area contributed by atoms with Crippen LogP contribution in [0.25, 0.3) is 0 Å². The van der Waals surface area contributed by atoms with Gasteiger partial charge in [-0.15, -0.1) is 11.3 Å². The molecule has 0 saturated heterocycles. The number of phenolic OH excluding ortho intramolecular Hbond substituents is 1. The molecule has 1 aromatic heterocycles. The van der Waals surface area contributed by atoms with E-state index in [1.165, 1.54) is 110 Å². The number of hydrazine groups is 1. The van der Waals surface area contributed by atoms with Crippen molar-refractivity contribution >= 4 is 118 Å². The van der Waals surface area contributed by atoms with Gasteiger partial charge < -0.3 is 103 Å². The van der Waals surface area contributed by atoms with E-state index < -0.39 is 98.8 Å². The van der Waals surface area contributed by atoms with Gasteiger partial charge in [0, 0.05) is 79.7 Å². The zero-order valence-electron chi connectivity index (χ0n) is 70.6. The summed E-state index contributed by atoms with van der Waals surface area (Å²) in [5, 5.41) is 45.5. The van der Waals surface area contributed by atoms with Crippen LogP contribution in [0.15, 0.2) is 88.0 Å². The highest BCUT2D eigenvalue weighted by molar-refractivity contribution is 8.76. The number of primary sulfonamides is 2. The molecule has 1 heterocycles. The summed E-state index contributed by atoms with van der Waals surface area (Å²) in [5.74, 6) is -3.70. The lowest BCUT2D eigenvalue weighted by atomic mass is 9.95. The minimum Gasteiger partial charge on any atom is -0.508 e. The van der Waals surface area contributed by atoms with Crippen molar-refractivity contribution in [3.8, 4) is 5.75 Å². The second-order valence-corrected chi connectivity index (χ2v) is 34.3. The molecule has 0 fully saturated rings. The van der Waals surface area contributed by atoms with Gasteiger partial charge in [0.25, 0.3) is 5.91 Å². The zero-order chi connectivity index (χ0) is 90.4. The number of esters is 1. The van der Waals surface area contributed by atoms with Crippen molar-refractivity contribution in [1.29, 1.82) is 0 Å². The molecule has 124 heavy (non-hydrogen) atoms. The van der Waals surface area contributed by atoms with Crippen molar-refractivity contribution in [2.24, 2.45) is 22.1 Å². The topological polar surface area (TPSA) is 547 Å². The summed E-state index contributed by atoms with van der Waals surface area (Å²) in [7, 11) is -5.02. The first-order valence-corrected chi connectivity index (χ1v) is 46.7. The lowest BCUT2D eigenvalue weighted by Gasteiger charge is -2.26. The van der Waals surface area contributed by atoms with E-state index in [0.717, 1.165) is 12.0 Å². The Labute approximate surface area is 735 Å². The van der Waals surface area contributed by atoms with Gasteiger partial charge in [-0.2, -0.15) is 0 Å². The predicted molar refractivity (Wildman–Crippen MR) is 459 cm³/mol. The smallest absolute Gasteiger partial charge is 0.426 e. The molecule has 41 nitrogen and oxygen atoms in total. The fraction of sp³-hybridized carbons (Fsp3) is 0.615. The molecule has 698 valence electrons. The summed E-state index contributed by atoms with van der Waals surface area (Å²) < 4.78 is 124. The first-order chi connectivity index (χ1) is 59.5. The predicted octanol–water partition coefficient (Wildman–Crippen LogP) is 2.48. The molecule has 0 aliphatic heterocycles. The van der Waals surface area contributed by atoms with Crippen LogP contribution in [0.3, 0.4) is 0 Å². The molecule has 0 saturated carbocycles. The number of carboxylic acid groups (broad SMARTS) is 1. The Morgan fingerprint density at radius 2 is 0.919 bits per heavy atom. The van der Waals surface area contributed by atoms with Crippen LogP contribution in [0.1, 0.15) is 80.5 Å². The summed E-state index contributed by atoms with van der Waals surface area (Å²) >= 11 is 1.23. The fourth-order valence-electron chi connectivity index (χ4n) is 10.6. The SMILES string of the molecule is CC(=O)O[C@H](CCC(C)C)c1nc(C(=O)N[C@@H](Cc2ccc(O)cc2)C[C@H](C)C(=O)NNC(=O)OCCSSCCNC(=O)CCOCCOCCOCCOCCOCCOCCOCCOCCOCCOCCOCCOCCNC(=O)CN(CCN(CC(=O)O)CC(=O)Nc2ccc(S(N)(=O)=O)cc2)CC(=O)Nc2ccc(S(N)(=O)=O)cc2)cs1. The molecule has 3 atom stereocenters. The van der Waals surface area contributed by atoms with Gasteiger partial charge in [0.05, 0.1) is 195 Å². The van der Waals surface area contributed by atoms with Crippen molar-refractivity contribution in [1.82, 2.24) is 41.6 Å². The molecule has 0 unspecified atom stereocenters. The molecule has 46 heteroatoms. The van der Waals surface area contributed by atoms with Crippen LogP contribution in [-0.4, -0.2) is 330 Å². The maximum absolute atomic E-state index is 13.5. The molecule has 4 rings (SSSR count). The van der Waals surface area contributed by atoms with Gasteiger partial charge in [0.2, 0.25) is 49.6 Å². The van der Waals surface area contributed by atoms with Crippen molar-refractivity contribution in [3.63, 3.8) is 0 Å². The minimum absolute atomic E-state index is 0.0634. The molecule has 13 N–H and O–H groups in total. The number of amides is 7. The molecular formula is C78H122N12O29S5. The second-order valence-electron chi connectivity index (χ2n) is 27.6. The Bertz CT molecular complexity index is 3940. The number of anilines is 2. The number of phenols is 1. The summed E-state index contributed by atoms with van der Waals surface area (Å²) in [6, 6.07) is 16.0. The first-order valence-electron chi connectivity index (χ1n) is 40.2. The van der Waals surface area contributed by atoms with Gasteiger partial charge in [0.15, 0.2) is 6.10 Å². The van der Waals surface area contributed by atoms with Gasteiger partial charge in [-0.05, 0) is 97.8 Å². The van der Waals surface area contributed by atoms with Crippen molar-refractivity contribution in [3.05, 3.63) is 94.4 Å². The van der Waals surface area contributed by atoms with E-state index in [0.29, 0.717) is 174 Å². The number of ether oxygens (including phenoxy) is 14. The van der Waals surface area contributed by atoms with Gasteiger partial charge in [-0.1, -0.05) is 54.5 Å². The summed E-state index contributed by atoms with van der Waals surface area (Å²) in [4.78, 5) is 121. The van der Waals surface area contributed by atoms with Crippen LogP contribution < -0.4 is 47.7 Å². The quantitative estimate of drug-likeness (QED) is 0.0131. The average Bonchev–Trinajstić information content (AvgIpc) is 1.59.